The Labute approximate surface area is 184 Å². The molecule has 1 N–H and O–H groups in total. The van der Waals surface area contributed by atoms with E-state index in [-0.39, 0.29) is 0 Å². The number of nitrogens with one attached hydrogen (secondary N) is 1. The first kappa shape index (κ1) is 21.0. The Kier molecular flexibility index (Phi) is 5.99. The van der Waals surface area contributed by atoms with Crippen LogP contribution in [0.5, 0.6) is 0 Å². The number of anilines is 4. The van der Waals surface area contributed by atoms with E-state index in [1.54, 1.807) is 12.5 Å². The summed E-state index contributed by atoms with van der Waals surface area (Å²) in [5.74, 6) is 1.96. The highest BCUT2D eigenvalue weighted by atomic mass is 32.2. The first-order valence-electron chi connectivity index (χ1n) is 10.1. The van der Waals surface area contributed by atoms with Crippen LogP contribution in [0.25, 0.3) is 10.9 Å². The largest absolute Gasteiger partial charge is 0.329 e. The van der Waals surface area contributed by atoms with Crippen LogP contribution < -0.4 is 10.2 Å². The van der Waals surface area contributed by atoms with Crippen molar-refractivity contribution in [1.82, 2.24) is 19.7 Å². The molecule has 0 aliphatic carbocycles. The average molecular weight is 435 g/mol. The third kappa shape index (κ3) is 4.74. The van der Waals surface area contributed by atoms with Crippen molar-refractivity contribution in [2.75, 3.05) is 29.3 Å². The van der Waals surface area contributed by atoms with Crippen molar-refractivity contribution in [3.05, 3.63) is 66.0 Å². The van der Waals surface area contributed by atoms with Crippen LogP contribution in [0.4, 0.5) is 23.1 Å². The fraction of sp³-hybridized carbons (Fsp3) is 0.261. The van der Waals surface area contributed by atoms with Crippen molar-refractivity contribution in [3.63, 3.8) is 0 Å². The van der Waals surface area contributed by atoms with Gasteiger partial charge in [-0.3, -0.25) is 8.89 Å². The van der Waals surface area contributed by atoms with Crippen molar-refractivity contribution < 1.29 is 4.21 Å². The first-order chi connectivity index (χ1) is 14.9. The average Bonchev–Trinajstić information content (AvgIpc) is 3.05. The zero-order valence-corrected chi connectivity index (χ0v) is 19.0. The van der Waals surface area contributed by atoms with Gasteiger partial charge < -0.3 is 10.2 Å². The van der Waals surface area contributed by atoms with E-state index in [1.807, 2.05) is 54.0 Å². The number of hydrogen-bond acceptors (Lipinski definition) is 6. The Morgan fingerprint density at radius 2 is 2.00 bits per heavy atom. The minimum atomic E-state index is -0.803. The number of nitrogens with zero attached hydrogens (tertiary/aromatic N) is 5. The van der Waals surface area contributed by atoms with Crippen LogP contribution in [0.1, 0.15) is 11.3 Å². The summed E-state index contributed by atoms with van der Waals surface area (Å²) in [6.07, 6.45) is 4.25. The molecule has 7 nitrogen and oxygen atoms in total. The standard InChI is InChI=1S/C23H26N6OS/c1-16-20-9-8-19(15-21(20)27-29(16)3)28(2)22-10-12-24-23(26-22)25-18-7-5-6-17(14-18)11-13-31(4)30/h5-10,12,14-15H,11,13H2,1-4H3,(H,24,25,26). The van der Waals surface area contributed by atoms with E-state index in [0.717, 1.165) is 45.8 Å². The van der Waals surface area contributed by atoms with E-state index < -0.39 is 10.8 Å². The van der Waals surface area contributed by atoms with Gasteiger partial charge in [-0.05, 0) is 55.3 Å². The van der Waals surface area contributed by atoms with E-state index in [2.05, 4.69) is 45.5 Å². The molecule has 1 unspecified atom stereocenters. The summed E-state index contributed by atoms with van der Waals surface area (Å²) >= 11 is 0. The quantitative estimate of drug-likeness (QED) is 0.472. The van der Waals surface area contributed by atoms with Gasteiger partial charge in [0.25, 0.3) is 0 Å². The predicted molar refractivity (Wildman–Crippen MR) is 128 cm³/mol. The number of rotatable bonds is 7. The Hall–Kier alpha value is -3.26. The van der Waals surface area contributed by atoms with Crippen molar-refractivity contribution in [2.45, 2.75) is 13.3 Å². The van der Waals surface area contributed by atoms with Gasteiger partial charge in [0, 0.05) is 65.6 Å². The number of fused-ring (bicyclic) bond motifs is 1. The fourth-order valence-corrected chi connectivity index (χ4v) is 3.98. The summed E-state index contributed by atoms with van der Waals surface area (Å²) in [7, 11) is 3.13. The summed E-state index contributed by atoms with van der Waals surface area (Å²) < 4.78 is 13.3. The maximum atomic E-state index is 11.4. The van der Waals surface area contributed by atoms with Crippen LogP contribution in [0, 0.1) is 6.92 Å². The van der Waals surface area contributed by atoms with Gasteiger partial charge in [0.1, 0.15) is 5.82 Å². The number of aryl methyl sites for hydroxylation is 3. The maximum absolute atomic E-state index is 11.4. The summed E-state index contributed by atoms with van der Waals surface area (Å²) in [5, 5.41) is 9.01. The second-order valence-electron chi connectivity index (χ2n) is 7.56. The van der Waals surface area contributed by atoms with Crippen molar-refractivity contribution in [2.24, 2.45) is 7.05 Å². The van der Waals surface area contributed by atoms with Crippen molar-refractivity contribution in [3.8, 4) is 0 Å². The third-order valence-electron chi connectivity index (χ3n) is 5.35. The minimum absolute atomic E-state index is 0.523. The smallest absolute Gasteiger partial charge is 0.229 e. The first-order valence-corrected chi connectivity index (χ1v) is 11.8. The minimum Gasteiger partial charge on any atom is -0.329 e. The molecule has 1 atom stereocenters. The van der Waals surface area contributed by atoms with Gasteiger partial charge in [-0.25, -0.2) is 4.98 Å². The van der Waals surface area contributed by atoms with Crippen molar-refractivity contribution >= 4 is 44.8 Å². The van der Waals surface area contributed by atoms with Crippen LogP contribution in [-0.2, 0) is 24.3 Å². The van der Waals surface area contributed by atoms with Crippen LogP contribution in [0.15, 0.2) is 54.7 Å². The molecule has 0 fully saturated rings. The van der Waals surface area contributed by atoms with Crippen molar-refractivity contribution in [1.29, 1.82) is 0 Å². The summed E-state index contributed by atoms with van der Waals surface area (Å²) in [6.45, 7) is 2.07. The molecule has 2 aromatic carbocycles. The van der Waals surface area contributed by atoms with Gasteiger partial charge in [0.05, 0.1) is 5.52 Å². The highest BCUT2D eigenvalue weighted by molar-refractivity contribution is 7.84. The SMILES string of the molecule is Cc1c2ccc(N(C)c3ccnc(Nc4cccc(CCS(C)=O)c4)n3)cc2nn1C. The topological polar surface area (TPSA) is 75.9 Å². The molecule has 0 saturated heterocycles. The van der Waals surface area contributed by atoms with Gasteiger partial charge in [0.2, 0.25) is 5.95 Å². The lowest BCUT2D eigenvalue weighted by atomic mass is 10.1. The third-order valence-corrected chi connectivity index (χ3v) is 6.13. The van der Waals surface area contributed by atoms with E-state index >= 15 is 0 Å². The molecule has 4 rings (SSSR count). The maximum Gasteiger partial charge on any atom is 0.229 e. The molecule has 2 heterocycles. The molecule has 2 aromatic heterocycles. The zero-order chi connectivity index (χ0) is 22.0. The lowest BCUT2D eigenvalue weighted by Gasteiger charge is -2.19. The molecule has 0 bridgehead atoms. The summed E-state index contributed by atoms with van der Waals surface area (Å²) in [5.41, 5.74) is 5.15. The molecule has 0 radical (unpaired) electrons. The molecule has 0 spiro atoms. The van der Waals surface area contributed by atoms with Crippen LogP contribution >= 0.6 is 0 Å². The van der Waals surface area contributed by atoms with Gasteiger partial charge in [-0.1, -0.05) is 12.1 Å². The molecule has 160 valence electrons. The number of aromatic nitrogens is 4. The molecule has 0 aliphatic heterocycles. The fourth-order valence-electron chi connectivity index (χ4n) is 3.45. The Balaban J connectivity index is 1.54. The molecule has 4 aromatic rings. The highest BCUT2D eigenvalue weighted by Crippen LogP contribution is 2.27. The molecule has 0 saturated carbocycles. The second kappa shape index (κ2) is 8.85. The van der Waals surface area contributed by atoms with Crippen LogP contribution in [0.3, 0.4) is 0 Å². The molecular formula is C23H26N6OS. The van der Waals surface area contributed by atoms with E-state index in [9.17, 15) is 4.21 Å². The highest BCUT2D eigenvalue weighted by Gasteiger charge is 2.11. The Morgan fingerprint density at radius 3 is 2.81 bits per heavy atom. The van der Waals surface area contributed by atoms with E-state index in [1.165, 1.54) is 0 Å². The van der Waals surface area contributed by atoms with Gasteiger partial charge in [0.15, 0.2) is 0 Å². The zero-order valence-electron chi connectivity index (χ0n) is 18.2. The van der Waals surface area contributed by atoms with E-state index in [0.29, 0.717) is 11.7 Å². The molecule has 0 aliphatic rings. The molecule has 31 heavy (non-hydrogen) atoms. The molecular weight excluding hydrogens is 408 g/mol. The Morgan fingerprint density at radius 1 is 1.16 bits per heavy atom. The van der Waals surface area contributed by atoms with Gasteiger partial charge >= 0.3 is 0 Å². The summed E-state index contributed by atoms with van der Waals surface area (Å²) in [6, 6.07) is 16.2. The monoisotopic (exact) mass is 434 g/mol. The van der Waals surface area contributed by atoms with Gasteiger partial charge in [-0.2, -0.15) is 10.1 Å². The lowest BCUT2D eigenvalue weighted by Crippen LogP contribution is -2.12. The normalized spacial score (nSPS) is 12.1. The lowest BCUT2D eigenvalue weighted by molar-refractivity contribution is 0.686. The predicted octanol–water partition coefficient (Wildman–Crippen LogP) is 4.10. The van der Waals surface area contributed by atoms with Gasteiger partial charge in [-0.15, -0.1) is 0 Å². The molecule has 8 heteroatoms. The summed E-state index contributed by atoms with van der Waals surface area (Å²) in [4.78, 5) is 11.1. The molecule has 0 amide bonds. The van der Waals surface area contributed by atoms with Crippen LogP contribution in [0.2, 0.25) is 0 Å². The van der Waals surface area contributed by atoms with Crippen LogP contribution in [-0.4, -0.2) is 43.0 Å². The number of benzene rings is 2. The Bertz CT molecular complexity index is 1250. The second-order valence-corrected chi connectivity index (χ2v) is 9.12. The number of hydrogen-bond donors (Lipinski definition) is 1. The van der Waals surface area contributed by atoms with E-state index in [4.69, 9.17) is 0 Å².